The van der Waals surface area contributed by atoms with Gasteiger partial charge >= 0.3 is 0 Å². The lowest BCUT2D eigenvalue weighted by Crippen LogP contribution is -1.91. The zero-order valence-corrected chi connectivity index (χ0v) is 12.9. The Balaban J connectivity index is 1.99. The van der Waals surface area contributed by atoms with Gasteiger partial charge < -0.3 is 5.11 Å². The van der Waals surface area contributed by atoms with Crippen molar-refractivity contribution in [2.45, 2.75) is 70.8 Å². The van der Waals surface area contributed by atoms with Gasteiger partial charge in [0.25, 0.3) is 0 Å². The molecule has 0 aromatic heterocycles. The molecule has 0 fully saturated rings. The standard InChI is InChI=1S/C19H30O/c1-2-3-4-5-6-7-8-9-10-14-17-19(20)18-15-12-11-13-16-18/h11-17,19-20H,2-10H2,1H3. The average Bonchev–Trinajstić information content (AvgIpc) is 2.50. The Morgan fingerprint density at radius 2 is 1.50 bits per heavy atom. The van der Waals surface area contributed by atoms with Gasteiger partial charge in [-0.15, -0.1) is 0 Å². The summed E-state index contributed by atoms with van der Waals surface area (Å²) in [4.78, 5) is 0. The Bertz CT molecular complexity index is 342. The highest BCUT2D eigenvalue weighted by molar-refractivity contribution is 5.20. The van der Waals surface area contributed by atoms with E-state index in [2.05, 4.69) is 13.0 Å². The SMILES string of the molecule is CCCCCCCCCCC=CC(O)c1ccccc1. The van der Waals surface area contributed by atoms with Crippen molar-refractivity contribution < 1.29 is 5.11 Å². The van der Waals surface area contributed by atoms with Gasteiger partial charge in [0.05, 0.1) is 6.10 Å². The van der Waals surface area contributed by atoms with Crippen molar-refractivity contribution in [3.8, 4) is 0 Å². The minimum absolute atomic E-state index is 0.453. The fourth-order valence-electron chi connectivity index (χ4n) is 2.38. The van der Waals surface area contributed by atoms with Gasteiger partial charge in [0.1, 0.15) is 0 Å². The summed E-state index contributed by atoms with van der Waals surface area (Å²) in [7, 11) is 0. The molecule has 1 aromatic rings. The fraction of sp³-hybridized carbons (Fsp3) is 0.579. The van der Waals surface area contributed by atoms with Crippen LogP contribution in [0.25, 0.3) is 0 Å². The van der Waals surface area contributed by atoms with Gasteiger partial charge in [-0.3, -0.25) is 0 Å². The van der Waals surface area contributed by atoms with Crippen molar-refractivity contribution >= 4 is 0 Å². The van der Waals surface area contributed by atoms with Crippen molar-refractivity contribution in [2.75, 3.05) is 0 Å². The van der Waals surface area contributed by atoms with Crippen LogP contribution in [0.2, 0.25) is 0 Å². The molecule has 0 bridgehead atoms. The predicted molar refractivity (Wildman–Crippen MR) is 87.8 cm³/mol. The number of aliphatic hydroxyl groups is 1. The zero-order valence-electron chi connectivity index (χ0n) is 12.9. The van der Waals surface area contributed by atoms with Gasteiger partial charge in [-0.1, -0.05) is 94.4 Å². The van der Waals surface area contributed by atoms with E-state index in [4.69, 9.17) is 0 Å². The number of hydrogen-bond acceptors (Lipinski definition) is 1. The van der Waals surface area contributed by atoms with Gasteiger partial charge in [-0.2, -0.15) is 0 Å². The van der Waals surface area contributed by atoms with E-state index in [1.807, 2.05) is 36.4 Å². The smallest absolute Gasteiger partial charge is 0.0971 e. The zero-order chi connectivity index (χ0) is 14.5. The molecule has 0 aliphatic carbocycles. The lowest BCUT2D eigenvalue weighted by molar-refractivity contribution is 0.228. The van der Waals surface area contributed by atoms with Gasteiger partial charge in [0.15, 0.2) is 0 Å². The van der Waals surface area contributed by atoms with Crippen molar-refractivity contribution in [3.05, 3.63) is 48.0 Å². The van der Waals surface area contributed by atoms with Crippen molar-refractivity contribution in [1.29, 1.82) is 0 Å². The molecule has 112 valence electrons. The monoisotopic (exact) mass is 274 g/mol. The molecule has 1 rings (SSSR count). The molecule has 0 amide bonds. The first-order chi connectivity index (χ1) is 9.84. The summed E-state index contributed by atoms with van der Waals surface area (Å²) in [5, 5.41) is 9.96. The predicted octanol–water partition coefficient (Wildman–Crippen LogP) is 5.81. The van der Waals surface area contributed by atoms with E-state index in [0.717, 1.165) is 12.0 Å². The molecule has 1 aromatic carbocycles. The lowest BCUT2D eigenvalue weighted by atomic mass is 10.1. The van der Waals surface area contributed by atoms with Gasteiger partial charge in [-0.05, 0) is 18.4 Å². The second kappa shape index (κ2) is 11.7. The van der Waals surface area contributed by atoms with Gasteiger partial charge in [-0.25, -0.2) is 0 Å². The van der Waals surface area contributed by atoms with Crippen LogP contribution < -0.4 is 0 Å². The first kappa shape index (κ1) is 17.0. The minimum atomic E-state index is -0.453. The highest BCUT2D eigenvalue weighted by Gasteiger charge is 2.00. The van der Waals surface area contributed by atoms with Crippen LogP contribution in [0.4, 0.5) is 0 Å². The first-order valence-electron chi connectivity index (χ1n) is 8.24. The molecular formula is C19H30O. The summed E-state index contributed by atoms with van der Waals surface area (Å²) >= 11 is 0. The van der Waals surface area contributed by atoms with Crippen molar-refractivity contribution in [3.63, 3.8) is 0 Å². The molecule has 1 N–H and O–H groups in total. The molecule has 0 heterocycles. The maximum absolute atomic E-state index is 9.96. The van der Waals surface area contributed by atoms with E-state index in [1.165, 1.54) is 51.4 Å². The van der Waals surface area contributed by atoms with Crippen LogP contribution in [-0.4, -0.2) is 5.11 Å². The second-order valence-electron chi connectivity index (χ2n) is 5.55. The van der Waals surface area contributed by atoms with Crippen LogP contribution in [0, 0.1) is 0 Å². The van der Waals surface area contributed by atoms with Crippen molar-refractivity contribution in [2.24, 2.45) is 0 Å². The number of benzene rings is 1. The average molecular weight is 274 g/mol. The summed E-state index contributed by atoms with van der Waals surface area (Å²) in [5.74, 6) is 0. The summed E-state index contributed by atoms with van der Waals surface area (Å²) in [6.45, 7) is 2.26. The molecule has 1 heteroatoms. The molecule has 1 atom stereocenters. The number of rotatable bonds is 11. The Labute approximate surface area is 124 Å². The largest absolute Gasteiger partial charge is 0.384 e. The number of hydrogen-bond donors (Lipinski definition) is 1. The molecular weight excluding hydrogens is 244 g/mol. The molecule has 1 unspecified atom stereocenters. The summed E-state index contributed by atoms with van der Waals surface area (Å²) < 4.78 is 0. The molecule has 1 nitrogen and oxygen atoms in total. The van der Waals surface area contributed by atoms with E-state index in [1.54, 1.807) is 0 Å². The Kier molecular flexibility index (Phi) is 9.95. The third kappa shape index (κ3) is 8.16. The molecule has 0 saturated carbocycles. The topological polar surface area (TPSA) is 20.2 Å². The third-order valence-electron chi connectivity index (χ3n) is 3.68. The van der Waals surface area contributed by atoms with Crippen LogP contribution in [-0.2, 0) is 0 Å². The van der Waals surface area contributed by atoms with E-state index < -0.39 is 6.10 Å². The van der Waals surface area contributed by atoms with E-state index in [-0.39, 0.29) is 0 Å². The summed E-state index contributed by atoms with van der Waals surface area (Å²) in [6.07, 6.45) is 15.5. The van der Waals surface area contributed by atoms with E-state index in [0.29, 0.717) is 0 Å². The highest BCUT2D eigenvalue weighted by atomic mass is 16.3. The lowest BCUT2D eigenvalue weighted by Gasteiger charge is -2.05. The van der Waals surface area contributed by atoms with Gasteiger partial charge in [0, 0.05) is 0 Å². The molecule has 20 heavy (non-hydrogen) atoms. The van der Waals surface area contributed by atoms with Crippen LogP contribution in [0.1, 0.15) is 76.4 Å². The molecule has 0 aliphatic rings. The van der Waals surface area contributed by atoms with Crippen LogP contribution in [0.5, 0.6) is 0 Å². The van der Waals surface area contributed by atoms with Crippen LogP contribution in [0.15, 0.2) is 42.5 Å². The normalized spacial score (nSPS) is 12.9. The maximum Gasteiger partial charge on any atom is 0.0971 e. The maximum atomic E-state index is 9.96. The fourth-order valence-corrected chi connectivity index (χ4v) is 2.38. The van der Waals surface area contributed by atoms with E-state index >= 15 is 0 Å². The molecule has 0 aliphatic heterocycles. The number of allylic oxidation sites excluding steroid dienone is 1. The number of unbranched alkanes of at least 4 members (excludes halogenated alkanes) is 8. The Morgan fingerprint density at radius 3 is 2.15 bits per heavy atom. The summed E-state index contributed by atoms with van der Waals surface area (Å²) in [5.41, 5.74) is 0.972. The van der Waals surface area contributed by atoms with Crippen LogP contribution in [0.3, 0.4) is 0 Å². The molecule has 0 spiro atoms. The third-order valence-corrected chi connectivity index (χ3v) is 3.68. The van der Waals surface area contributed by atoms with Gasteiger partial charge in [0.2, 0.25) is 0 Å². The molecule has 0 saturated heterocycles. The Morgan fingerprint density at radius 1 is 0.900 bits per heavy atom. The van der Waals surface area contributed by atoms with Crippen molar-refractivity contribution in [1.82, 2.24) is 0 Å². The summed E-state index contributed by atoms with van der Waals surface area (Å²) in [6, 6.07) is 9.83. The minimum Gasteiger partial charge on any atom is -0.384 e. The van der Waals surface area contributed by atoms with Crippen LogP contribution >= 0.6 is 0 Å². The molecule has 0 radical (unpaired) electrons. The quantitative estimate of drug-likeness (QED) is 0.399. The second-order valence-corrected chi connectivity index (χ2v) is 5.55. The Hall–Kier alpha value is -1.08. The first-order valence-corrected chi connectivity index (χ1v) is 8.24. The van der Waals surface area contributed by atoms with E-state index in [9.17, 15) is 5.11 Å². The number of aliphatic hydroxyl groups excluding tert-OH is 1. The highest BCUT2D eigenvalue weighted by Crippen LogP contribution is 2.14.